The van der Waals surface area contributed by atoms with Gasteiger partial charge in [0.1, 0.15) is 6.17 Å². The van der Waals surface area contributed by atoms with E-state index >= 15 is 0 Å². The molecular formula is C18H36F. The highest BCUT2D eigenvalue weighted by Crippen LogP contribution is 2.27. The van der Waals surface area contributed by atoms with Crippen LogP contribution in [-0.4, -0.2) is 6.17 Å². The zero-order valence-electron chi connectivity index (χ0n) is 13.8. The molecule has 1 radical (unpaired) electrons. The van der Waals surface area contributed by atoms with Gasteiger partial charge in [0, 0.05) is 0 Å². The second-order valence-corrected chi connectivity index (χ2v) is 6.72. The lowest BCUT2D eigenvalue weighted by atomic mass is 9.84. The fourth-order valence-electron chi connectivity index (χ4n) is 2.23. The second kappa shape index (κ2) is 11.7. The van der Waals surface area contributed by atoms with Crippen LogP contribution in [0.2, 0.25) is 0 Å². The van der Waals surface area contributed by atoms with Gasteiger partial charge in [-0.25, -0.2) is 4.39 Å². The maximum atomic E-state index is 13.6. The molecule has 0 saturated heterocycles. The number of unbranched alkanes of at least 4 members (excludes halogenated alkanes) is 6. The molecule has 1 unspecified atom stereocenters. The Balaban J connectivity index is 3.29. The van der Waals surface area contributed by atoms with Crippen molar-refractivity contribution in [2.45, 2.75) is 104 Å². The van der Waals surface area contributed by atoms with Crippen LogP contribution in [0.1, 0.15) is 98.3 Å². The molecule has 0 amide bonds. The van der Waals surface area contributed by atoms with Crippen LogP contribution < -0.4 is 0 Å². The SMILES string of the molecule is CCCCCCC(F)CCC[CH]CCC(C)(C)CC. The molecule has 19 heavy (non-hydrogen) atoms. The third-order valence-electron chi connectivity index (χ3n) is 4.28. The van der Waals surface area contributed by atoms with Crippen LogP contribution in [0.15, 0.2) is 0 Å². The Morgan fingerprint density at radius 2 is 1.63 bits per heavy atom. The van der Waals surface area contributed by atoms with Gasteiger partial charge in [0.15, 0.2) is 0 Å². The second-order valence-electron chi connectivity index (χ2n) is 6.72. The molecule has 0 fully saturated rings. The third-order valence-corrected chi connectivity index (χ3v) is 4.28. The van der Waals surface area contributed by atoms with Crippen LogP contribution in [0.3, 0.4) is 0 Å². The Morgan fingerprint density at radius 3 is 2.26 bits per heavy atom. The molecule has 0 aromatic heterocycles. The number of alkyl halides is 1. The van der Waals surface area contributed by atoms with E-state index < -0.39 is 6.17 Å². The van der Waals surface area contributed by atoms with Gasteiger partial charge in [-0.2, -0.15) is 0 Å². The molecule has 0 aromatic rings. The highest BCUT2D eigenvalue weighted by atomic mass is 19.1. The summed E-state index contributed by atoms with van der Waals surface area (Å²) in [6.45, 7) is 9.11. The largest absolute Gasteiger partial charge is 0.247 e. The summed E-state index contributed by atoms with van der Waals surface area (Å²) in [4.78, 5) is 0. The summed E-state index contributed by atoms with van der Waals surface area (Å²) in [5.41, 5.74) is 0.471. The van der Waals surface area contributed by atoms with Gasteiger partial charge >= 0.3 is 0 Å². The van der Waals surface area contributed by atoms with Crippen molar-refractivity contribution in [1.82, 2.24) is 0 Å². The molecule has 1 heteroatoms. The molecule has 0 spiro atoms. The first-order valence-electron chi connectivity index (χ1n) is 8.47. The van der Waals surface area contributed by atoms with Crippen molar-refractivity contribution in [3.05, 3.63) is 6.42 Å². The number of hydrogen-bond donors (Lipinski definition) is 0. The molecule has 0 aliphatic rings. The van der Waals surface area contributed by atoms with E-state index in [-0.39, 0.29) is 0 Å². The van der Waals surface area contributed by atoms with Crippen LogP contribution in [0.4, 0.5) is 4.39 Å². The summed E-state index contributed by atoms with van der Waals surface area (Å²) in [6, 6.07) is 0. The van der Waals surface area contributed by atoms with E-state index in [2.05, 4.69) is 34.1 Å². The summed E-state index contributed by atoms with van der Waals surface area (Å²) in [5, 5.41) is 0. The van der Waals surface area contributed by atoms with Gasteiger partial charge in [-0.05, 0) is 37.5 Å². The predicted molar refractivity (Wildman–Crippen MR) is 85.1 cm³/mol. The first-order valence-corrected chi connectivity index (χ1v) is 8.47. The Hall–Kier alpha value is -0.0700. The van der Waals surface area contributed by atoms with Crippen molar-refractivity contribution in [2.24, 2.45) is 5.41 Å². The van der Waals surface area contributed by atoms with Crippen LogP contribution in [0.5, 0.6) is 0 Å². The molecule has 1 atom stereocenters. The fraction of sp³-hybridized carbons (Fsp3) is 0.944. The lowest BCUT2D eigenvalue weighted by Crippen LogP contribution is -2.09. The Morgan fingerprint density at radius 1 is 0.947 bits per heavy atom. The molecule has 115 valence electrons. The Labute approximate surface area is 121 Å². The monoisotopic (exact) mass is 271 g/mol. The third kappa shape index (κ3) is 12.7. The van der Waals surface area contributed by atoms with Gasteiger partial charge < -0.3 is 0 Å². The van der Waals surface area contributed by atoms with E-state index in [9.17, 15) is 4.39 Å². The first kappa shape index (κ1) is 18.9. The molecule has 0 bridgehead atoms. The number of rotatable bonds is 13. The van der Waals surface area contributed by atoms with Crippen molar-refractivity contribution >= 4 is 0 Å². The van der Waals surface area contributed by atoms with Gasteiger partial charge in [0.25, 0.3) is 0 Å². The van der Waals surface area contributed by atoms with Gasteiger partial charge in [0.05, 0.1) is 0 Å². The topological polar surface area (TPSA) is 0 Å². The maximum Gasteiger partial charge on any atom is 0.100 e. The summed E-state index contributed by atoms with van der Waals surface area (Å²) in [6.07, 6.45) is 13.9. The van der Waals surface area contributed by atoms with Gasteiger partial charge in [-0.1, -0.05) is 72.6 Å². The highest BCUT2D eigenvalue weighted by Gasteiger charge is 2.13. The highest BCUT2D eigenvalue weighted by molar-refractivity contribution is 4.73. The minimum atomic E-state index is -0.558. The van der Waals surface area contributed by atoms with Crippen molar-refractivity contribution in [3.8, 4) is 0 Å². The standard InChI is InChI=1S/C18H36F/c1-5-7-8-11-14-17(19)15-12-9-10-13-16-18(3,4)6-2/h10,17H,5-9,11-16H2,1-4H3. The van der Waals surface area contributed by atoms with Crippen LogP contribution in [0.25, 0.3) is 0 Å². The van der Waals surface area contributed by atoms with E-state index in [4.69, 9.17) is 0 Å². The van der Waals surface area contributed by atoms with Crippen molar-refractivity contribution < 1.29 is 4.39 Å². The normalized spacial score (nSPS) is 13.7. The predicted octanol–water partition coefficient (Wildman–Crippen LogP) is 6.89. The summed E-state index contributed by atoms with van der Waals surface area (Å²) < 4.78 is 13.6. The molecule has 0 aromatic carbocycles. The van der Waals surface area contributed by atoms with Gasteiger partial charge in [-0.3, -0.25) is 0 Å². The molecular weight excluding hydrogens is 235 g/mol. The molecule has 0 rings (SSSR count). The molecule has 0 aliphatic heterocycles. The lowest BCUT2D eigenvalue weighted by molar-refractivity contribution is 0.280. The minimum Gasteiger partial charge on any atom is -0.247 e. The fourth-order valence-corrected chi connectivity index (χ4v) is 2.23. The van der Waals surface area contributed by atoms with Crippen molar-refractivity contribution in [3.63, 3.8) is 0 Å². The van der Waals surface area contributed by atoms with E-state index in [1.807, 2.05) is 0 Å². The van der Waals surface area contributed by atoms with Gasteiger partial charge in [-0.15, -0.1) is 0 Å². The van der Waals surface area contributed by atoms with Crippen LogP contribution >= 0.6 is 0 Å². The zero-order chi connectivity index (χ0) is 14.6. The van der Waals surface area contributed by atoms with Crippen LogP contribution in [-0.2, 0) is 0 Å². The van der Waals surface area contributed by atoms with E-state index in [1.54, 1.807) is 0 Å². The lowest BCUT2D eigenvalue weighted by Gasteiger charge is -2.22. The summed E-state index contributed by atoms with van der Waals surface area (Å²) in [7, 11) is 0. The number of halogens is 1. The van der Waals surface area contributed by atoms with E-state index in [0.29, 0.717) is 5.41 Å². The average Bonchev–Trinajstić information content (AvgIpc) is 2.39. The van der Waals surface area contributed by atoms with Crippen molar-refractivity contribution in [1.29, 1.82) is 0 Å². The zero-order valence-corrected chi connectivity index (χ0v) is 13.8. The molecule has 0 saturated carbocycles. The first-order chi connectivity index (χ1) is 9.02. The summed E-state index contributed by atoms with van der Waals surface area (Å²) >= 11 is 0. The van der Waals surface area contributed by atoms with Crippen molar-refractivity contribution in [2.75, 3.05) is 0 Å². The maximum absolute atomic E-state index is 13.6. The molecule has 0 aliphatic carbocycles. The van der Waals surface area contributed by atoms with E-state index in [0.717, 1.165) is 32.1 Å². The average molecular weight is 271 g/mol. The molecule has 0 N–H and O–H groups in total. The molecule has 0 heterocycles. The number of hydrogen-bond acceptors (Lipinski definition) is 0. The Bertz CT molecular complexity index is 186. The Kier molecular flexibility index (Phi) is 11.7. The quantitative estimate of drug-likeness (QED) is 0.320. The van der Waals surface area contributed by atoms with E-state index in [1.165, 1.54) is 38.5 Å². The smallest absolute Gasteiger partial charge is 0.100 e. The molecule has 0 nitrogen and oxygen atoms in total. The minimum absolute atomic E-state index is 0.471. The summed E-state index contributed by atoms with van der Waals surface area (Å²) in [5.74, 6) is 0. The van der Waals surface area contributed by atoms with Gasteiger partial charge in [0.2, 0.25) is 0 Å². The van der Waals surface area contributed by atoms with Crippen LogP contribution in [0, 0.1) is 11.8 Å².